The zero-order valence-corrected chi connectivity index (χ0v) is 9.55. The van der Waals surface area contributed by atoms with Crippen LogP contribution < -0.4 is 4.74 Å². The number of hydrogen-bond acceptors (Lipinski definition) is 3. The van der Waals surface area contributed by atoms with Crippen LogP contribution in [0.5, 0.6) is 5.75 Å². The number of ether oxygens (including phenoxy) is 2. The second kappa shape index (κ2) is 3.47. The highest BCUT2D eigenvalue weighted by atomic mass is 16.5. The van der Waals surface area contributed by atoms with Gasteiger partial charge in [0, 0.05) is 5.41 Å². The van der Waals surface area contributed by atoms with Crippen LogP contribution in [0.4, 0.5) is 0 Å². The molecule has 0 spiro atoms. The van der Waals surface area contributed by atoms with Crippen LogP contribution in [-0.4, -0.2) is 30.9 Å². The summed E-state index contributed by atoms with van der Waals surface area (Å²) in [6.07, 6.45) is 0.714. The fourth-order valence-corrected chi connectivity index (χ4v) is 3.06. The second-order valence-corrected chi connectivity index (χ2v) is 4.75. The molecular weight excluding hydrogens is 220 g/mol. The van der Waals surface area contributed by atoms with Crippen LogP contribution in [0.3, 0.4) is 0 Å². The zero-order chi connectivity index (χ0) is 12.0. The molecule has 1 N–H and O–H groups in total. The second-order valence-electron chi connectivity index (χ2n) is 4.75. The molecule has 2 heterocycles. The van der Waals surface area contributed by atoms with Crippen molar-refractivity contribution in [1.29, 1.82) is 0 Å². The van der Waals surface area contributed by atoms with Crippen LogP contribution in [-0.2, 0) is 14.9 Å². The van der Waals surface area contributed by atoms with E-state index in [9.17, 15) is 9.90 Å². The molecule has 3 atom stereocenters. The molecule has 1 saturated carbocycles. The first-order chi connectivity index (χ1) is 8.17. The Balaban J connectivity index is 1.95. The van der Waals surface area contributed by atoms with Gasteiger partial charge in [0.15, 0.2) is 0 Å². The van der Waals surface area contributed by atoms with Crippen molar-refractivity contribution in [1.82, 2.24) is 0 Å². The maximum absolute atomic E-state index is 11.2. The number of hydrogen-bond donors (Lipinski definition) is 1. The van der Waals surface area contributed by atoms with Crippen molar-refractivity contribution in [2.45, 2.75) is 17.9 Å². The van der Waals surface area contributed by atoms with Crippen LogP contribution >= 0.6 is 0 Å². The molecular formula is C13H14O4. The third-order valence-electron chi connectivity index (χ3n) is 4.02. The first kappa shape index (κ1) is 10.6. The molecule has 0 amide bonds. The van der Waals surface area contributed by atoms with E-state index < -0.39 is 11.9 Å². The highest BCUT2D eigenvalue weighted by molar-refractivity contribution is 5.76. The number of aliphatic carboxylic acids is 1. The molecule has 1 aromatic carbocycles. The van der Waals surface area contributed by atoms with Gasteiger partial charge in [-0.05, 0) is 24.1 Å². The summed E-state index contributed by atoms with van der Waals surface area (Å²) in [5.74, 6) is -0.364. The summed E-state index contributed by atoms with van der Waals surface area (Å²) in [7, 11) is 1.62. The number of carbonyl (C=O) groups is 1. The predicted octanol–water partition coefficient (Wildman–Crippen LogP) is 1.44. The Morgan fingerprint density at radius 2 is 2.18 bits per heavy atom. The van der Waals surface area contributed by atoms with E-state index in [0.717, 1.165) is 17.7 Å². The number of carboxylic acid groups (broad SMARTS) is 1. The maximum Gasteiger partial charge on any atom is 0.310 e. The third-order valence-corrected chi connectivity index (χ3v) is 4.02. The van der Waals surface area contributed by atoms with Crippen LogP contribution in [0, 0.1) is 5.92 Å². The molecule has 0 unspecified atom stereocenters. The minimum absolute atomic E-state index is 0.102. The van der Waals surface area contributed by atoms with Crippen LogP contribution in [0.25, 0.3) is 0 Å². The van der Waals surface area contributed by atoms with E-state index in [0.29, 0.717) is 6.61 Å². The molecule has 4 heteroatoms. The average Bonchev–Trinajstić information content (AvgIpc) is 2.87. The van der Waals surface area contributed by atoms with Gasteiger partial charge in [0.25, 0.3) is 0 Å². The van der Waals surface area contributed by atoms with Crippen molar-refractivity contribution in [2.75, 3.05) is 13.7 Å². The van der Waals surface area contributed by atoms with Gasteiger partial charge in [0.2, 0.25) is 0 Å². The largest absolute Gasteiger partial charge is 0.497 e. The Kier molecular flexibility index (Phi) is 2.16. The molecule has 2 aliphatic heterocycles. The number of fused-ring (bicyclic) bond motifs is 1. The monoisotopic (exact) mass is 234 g/mol. The highest BCUT2D eigenvalue weighted by Gasteiger charge is 2.64. The first-order valence-corrected chi connectivity index (χ1v) is 5.66. The smallest absolute Gasteiger partial charge is 0.310 e. The third kappa shape index (κ3) is 1.30. The Labute approximate surface area is 99.2 Å². The summed E-state index contributed by atoms with van der Waals surface area (Å²) >= 11 is 0. The molecule has 2 saturated heterocycles. The van der Waals surface area contributed by atoms with Gasteiger partial charge < -0.3 is 14.6 Å². The molecule has 4 nitrogen and oxygen atoms in total. The van der Waals surface area contributed by atoms with Gasteiger partial charge in [-0.3, -0.25) is 4.79 Å². The summed E-state index contributed by atoms with van der Waals surface area (Å²) in [6.45, 7) is 0.515. The van der Waals surface area contributed by atoms with Gasteiger partial charge in [-0.25, -0.2) is 0 Å². The molecule has 17 heavy (non-hydrogen) atoms. The van der Waals surface area contributed by atoms with Crippen molar-refractivity contribution in [3.63, 3.8) is 0 Å². The molecule has 90 valence electrons. The van der Waals surface area contributed by atoms with Gasteiger partial charge in [0.1, 0.15) is 5.75 Å². The molecule has 1 aliphatic carbocycles. The summed E-state index contributed by atoms with van der Waals surface area (Å²) in [5, 5.41) is 9.24. The van der Waals surface area contributed by atoms with Gasteiger partial charge in [-0.2, -0.15) is 0 Å². The van der Waals surface area contributed by atoms with E-state index in [-0.39, 0.29) is 11.5 Å². The number of rotatable bonds is 3. The standard InChI is InChI=1S/C13H14O4/c1-16-9-4-2-8(3-5-9)13-6-10(17-7-13)11(13)12(14)15/h2-5,10-11H,6-7H2,1H3,(H,14,15)/t10-,11+,13-/m0/s1. The van der Waals surface area contributed by atoms with E-state index in [4.69, 9.17) is 9.47 Å². The Morgan fingerprint density at radius 3 is 2.71 bits per heavy atom. The molecule has 0 radical (unpaired) electrons. The zero-order valence-electron chi connectivity index (χ0n) is 9.55. The molecule has 3 aliphatic rings. The highest BCUT2D eigenvalue weighted by Crippen LogP contribution is 2.56. The molecule has 0 aromatic heterocycles. The Bertz CT molecular complexity index is 449. The molecule has 2 bridgehead atoms. The van der Waals surface area contributed by atoms with Gasteiger partial charge in [0.05, 0.1) is 25.7 Å². The van der Waals surface area contributed by atoms with Crippen LogP contribution in [0.15, 0.2) is 24.3 Å². The van der Waals surface area contributed by atoms with Crippen molar-refractivity contribution in [3.05, 3.63) is 29.8 Å². The summed E-state index contributed by atoms with van der Waals surface area (Å²) in [6, 6.07) is 7.63. The fourth-order valence-electron chi connectivity index (χ4n) is 3.06. The first-order valence-electron chi connectivity index (χ1n) is 5.66. The van der Waals surface area contributed by atoms with Gasteiger partial charge in [-0.1, -0.05) is 12.1 Å². The minimum Gasteiger partial charge on any atom is -0.497 e. The summed E-state index contributed by atoms with van der Waals surface area (Å²) in [4.78, 5) is 11.2. The molecule has 4 rings (SSSR count). The average molecular weight is 234 g/mol. The lowest BCUT2D eigenvalue weighted by molar-refractivity contribution is -0.150. The van der Waals surface area contributed by atoms with Crippen molar-refractivity contribution in [2.24, 2.45) is 5.92 Å². The number of carboxylic acids is 1. The van der Waals surface area contributed by atoms with Gasteiger partial charge in [-0.15, -0.1) is 0 Å². The van der Waals surface area contributed by atoms with Gasteiger partial charge >= 0.3 is 5.97 Å². The van der Waals surface area contributed by atoms with Crippen molar-refractivity contribution in [3.8, 4) is 5.75 Å². The van der Waals surface area contributed by atoms with E-state index in [1.807, 2.05) is 24.3 Å². The fraction of sp³-hybridized carbons (Fsp3) is 0.462. The Hall–Kier alpha value is -1.55. The van der Waals surface area contributed by atoms with Crippen molar-refractivity contribution >= 4 is 5.97 Å². The number of methoxy groups -OCH3 is 1. The van der Waals surface area contributed by atoms with Crippen LogP contribution in [0.2, 0.25) is 0 Å². The lowest BCUT2D eigenvalue weighted by Gasteiger charge is -2.42. The maximum atomic E-state index is 11.2. The minimum atomic E-state index is -0.755. The lowest BCUT2D eigenvalue weighted by Crippen LogP contribution is -2.52. The van der Waals surface area contributed by atoms with E-state index in [1.54, 1.807) is 7.11 Å². The normalized spacial score (nSPS) is 34.2. The quantitative estimate of drug-likeness (QED) is 0.859. The summed E-state index contributed by atoms with van der Waals surface area (Å²) < 4.78 is 10.6. The van der Waals surface area contributed by atoms with E-state index >= 15 is 0 Å². The van der Waals surface area contributed by atoms with Crippen LogP contribution in [0.1, 0.15) is 12.0 Å². The number of benzene rings is 1. The van der Waals surface area contributed by atoms with E-state index in [1.165, 1.54) is 0 Å². The molecule has 3 fully saturated rings. The Morgan fingerprint density at radius 1 is 1.47 bits per heavy atom. The lowest BCUT2D eigenvalue weighted by atomic mass is 9.58. The predicted molar refractivity (Wildman–Crippen MR) is 60.2 cm³/mol. The topological polar surface area (TPSA) is 55.8 Å². The SMILES string of the molecule is COc1ccc([C@@]23CO[C@@H](C2)[C@@H]3C(=O)O)cc1. The summed E-state index contributed by atoms with van der Waals surface area (Å²) in [5.41, 5.74) is 0.724. The molecule has 1 aromatic rings. The van der Waals surface area contributed by atoms with E-state index in [2.05, 4.69) is 0 Å². The van der Waals surface area contributed by atoms with Crippen molar-refractivity contribution < 1.29 is 19.4 Å².